The minimum absolute atomic E-state index is 0.0190. The SMILES string of the molecule is CN(Cc1cccnc1)c1ncc(C(=O)N2CCCCC2)cc1Cl. The van der Waals surface area contributed by atoms with Crippen molar-refractivity contribution in [1.82, 2.24) is 14.9 Å². The predicted octanol–water partition coefficient (Wildman–Crippen LogP) is 3.39. The summed E-state index contributed by atoms with van der Waals surface area (Å²) in [4.78, 5) is 24.9. The van der Waals surface area contributed by atoms with E-state index in [9.17, 15) is 4.79 Å². The Morgan fingerprint density at radius 1 is 1.29 bits per heavy atom. The molecule has 0 spiro atoms. The van der Waals surface area contributed by atoms with E-state index < -0.39 is 0 Å². The number of carbonyl (C=O) groups excluding carboxylic acids is 1. The first-order valence-electron chi connectivity index (χ1n) is 8.20. The van der Waals surface area contributed by atoms with Crippen molar-refractivity contribution in [3.8, 4) is 0 Å². The van der Waals surface area contributed by atoms with Gasteiger partial charge in [0.05, 0.1) is 10.6 Å². The first-order valence-corrected chi connectivity index (χ1v) is 8.58. The molecule has 0 atom stereocenters. The van der Waals surface area contributed by atoms with Gasteiger partial charge >= 0.3 is 0 Å². The van der Waals surface area contributed by atoms with E-state index in [4.69, 9.17) is 11.6 Å². The molecule has 1 fully saturated rings. The molecule has 1 aliphatic heterocycles. The van der Waals surface area contributed by atoms with Crippen molar-refractivity contribution in [2.75, 3.05) is 25.0 Å². The number of carbonyl (C=O) groups is 1. The number of rotatable bonds is 4. The molecule has 5 nitrogen and oxygen atoms in total. The van der Waals surface area contributed by atoms with Crippen LogP contribution in [0.1, 0.15) is 35.2 Å². The molecule has 0 unspecified atom stereocenters. The van der Waals surface area contributed by atoms with Crippen LogP contribution < -0.4 is 4.90 Å². The maximum atomic E-state index is 12.5. The van der Waals surface area contributed by atoms with Gasteiger partial charge in [-0.05, 0) is 37.0 Å². The van der Waals surface area contributed by atoms with Crippen LogP contribution in [0.2, 0.25) is 5.02 Å². The molecule has 1 amide bonds. The van der Waals surface area contributed by atoms with E-state index in [1.165, 1.54) is 6.42 Å². The molecular formula is C18H21ClN4O. The second-order valence-electron chi connectivity index (χ2n) is 6.10. The Morgan fingerprint density at radius 3 is 2.75 bits per heavy atom. The lowest BCUT2D eigenvalue weighted by Gasteiger charge is -2.27. The first-order chi connectivity index (χ1) is 11.6. The summed E-state index contributed by atoms with van der Waals surface area (Å²) in [5, 5.41) is 0.490. The highest BCUT2D eigenvalue weighted by atomic mass is 35.5. The molecule has 2 aromatic heterocycles. The van der Waals surface area contributed by atoms with Crippen LogP contribution in [0.25, 0.3) is 0 Å². The van der Waals surface area contributed by atoms with Gasteiger partial charge in [-0.15, -0.1) is 0 Å². The molecule has 0 radical (unpaired) electrons. The zero-order valence-electron chi connectivity index (χ0n) is 13.8. The van der Waals surface area contributed by atoms with E-state index in [1.54, 1.807) is 18.5 Å². The van der Waals surface area contributed by atoms with Gasteiger partial charge in [0.2, 0.25) is 0 Å². The Balaban J connectivity index is 1.73. The lowest BCUT2D eigenvalue weighted by atomic mass is 10.1. The third-order valence-corrected chi connectivity index (χ3v) is 4.49. The number of likely N-dealkylation sites (tertiary alicyclic amines) is 1. The number of hydrogen-bond acceptors (Lipinski definition) is 4. The van der Waals surface area contributed by atoms with Crippen molar-refractivity contribution in [3.63, 3.8) is 0 Å². The van der Waals surface area contributed by atoms with Gasteiger partial charge in [0.15, 0.2) is 0 Å². The molecule has 3 rings (SSSR count). The first kappa shape index (κ1) is 16.7. The Bertz CT molecular complexity index is 701. The van der Waals surface area contributed by atoms with Crippen LogP contribution in [0.4, 0.5) is 5.82 Å². The molecule has 2 aromatic rings. The lowest BCUT2D eigenvalue weighted by molar-refractivity contribution is 0.0724. The third-order valence-electron chi connectivity index (χ3n) is 4.22. The molecule has 126 valence electrons. The van der Waals surface area contributed by atoms with Crippen LogP contribution in [-0.2, 0) is 6.54 Å². The minimum Gasteiger partial charge on any atom is -0.354 e. The number of nitrogens with zero attached hydrogens (tertiary/aromatic N) is 4. The lowest BCUT2D eigenvalue weighted by Crippen LogP contribution is -2.35. The summed E-state index contributed by atoms with van der Waals surface area (Å²) < 4.78 is 0. The van der Waals surface area contributed by atoms with Crippen molar-refractivity contribution in [2.45, 2.75) is 25.8 Å². The van der Waals surface area contributed by atoms with Crippen molar-refractivity contribution in [1.29, 1.82) is 0 Å². The highest BCUT2D eigenvalue weighted by molar-refractivity contribution is 6.33. The van der Waals surface area contributed by atoms with Gasteiger partial charge in [-0.2, -0.15) is 0 Å². The van der Waals surface area contributed by atoms with E-state index in [1.807, 2.05) is 35.2 Å². The average molecular weight is 345 g/mol. The van der Waals surface area contributed by atoms with Gasteiger partial charge in [0, 0.05) is 45.3 Å². The van der Waals surface area contributed by atoms with Gasteiger partial charge in [0.1, 0.15) is 5.82 Å². The largest absolute Gasteiger partial charge is 0.354 e. The van der Waals surface area contributed by atoms with Crippen LogP contribution in [0.3, 0.4) is 0 Å². The number of aromatic nitrogens is 2. The minimum atomic E-state index is 0.0190. The molecular weight excluding hydrogens is 324 g/mol. The summed E-state index contributed by atoms with van der Waals surface area (Å²) in [7, 11) is 1.92. The number of pyridine rings is 2. The van der Waals surface area contributed by atoms with Gasteiger partial charge in [-0.3, -0.25) is 9.78 Å². The summed E-state index contributed by atoms with van der Waals surface area (Å²) in [6.45, 7) is 2.29. The van der Waals surface area contributed by atoms with Crippen molar-refractivity contribution in [2.24, 2.45) is 0 Å². The van der Waals surface area contributed by atoms with E-state index in [2.05, 4.69) is 9.97 Å². The monoisotopic (exact) mass is 344 g/mol. The Morgan fingerprint density at radius 2 is 2.08 bits per heavy atom. The fourth-order valence-electron chi connectivity index (χ4n) is 2.95. The average Bonchev–Trinajstić information content (AvgIpc) is 2.62. The van der Waals surface area contributed by atoms with Crippen molar-refractivity contribution < 1.29 is 4.79 Å². The topological polar surface area (TPSA) is 49.3 Å². The number of amides is 1. The second kappa shape index (κ2) is 7.62. The molecule has 0 saturated carbocycles. The maximum Gasteiger partial charge on any atom is 0.255 e. The molecule has 1 aliphatic rings. The molecule has 0 N–H and O–H groups in total. The van der Waals surface area contributed by atoms with E-state index in [0.29, 0.717) is 22.9 Å². The zero-order valence-corrected chi connectivity index (χ0v) is 14.5. The number of halogens is 1. The highest BCUT2D eigenvalue weighted by Crippen LogP contribution is 2.25. The van der Waals surface area contributed by atoms with E-state index >= 15 is 0 Å². The van der Waals surface area contributed by atoms with Crippen molar-refractivity contribution in [3.05, 3.63) is 52.9 Å². The number of piperidine rings is 1. The normalized spacial score (nSPS) is 14.5. The fraction of sp³-hybridized carbons (Fsp3) is 0.389. The van der Waals surface area contributed by atoms with Crippen LogP contribution in [0.5, 0.6) is 0 Å². The predicted molar refractivity (Wildman–Crippen MR) is 95.3 cm³/mol. The van der Waals surface area contributed by atoms with Crippen LogP contribution in [0.15, 0.2) is 36.8 Å². The summed E-state index contributed by atoms with van der Waals surface area (Å²) in [5.41, 5.74) is 1.63. The van der Waals surface area contributed by atoms with E-state index in [-0.39, 0.29) is 5.91 Å². The standard InChI is InChI=1S/C18H21ClN4O/c1-22(13-14-6-5-7-20-11-14)17-16(19)10-15(12-21-17)18(24)23-8-3-2-4-9-23/h5-7,10-12H,2-4,8-9,13H2,1H3. The quantitative estimate of drug-likeness (QED) is 0.853. The summed E-state index contributed by atoms with van der Waals surface area (Å²) in [5.74, 6) is 0.682. The fourth-order valence-corrected chi connectivity index (χ4v) is 3.26. The molecule has 24 heavy (non-hydrogen) atoms. The number of anilines is 1. The third kappa shape index (κ3) is 3.85. The van der Waals surface area contributed by atoms with E-state index in [0.717, 1.165) is 31.5 Å². The smallest absolute Gasteiger partial charge is 0.255 e. The zero-order chi connectivity index (χ0) is 16.9. The maximum absolute atomic E-state index is 12.5. The highest BCUT2D eigenvalue weighted by Gasteiger charge is 2.20. The van der Waals surface area contributed by atoms with Gasteiger partial charge < -0.3 is 9.80 Å². The van der Waals surface area contributed by atoms with Gasteiger partial charge in [0.25, 0.3) is 5.91 Å². The number of hydrogen-bond donors (Lipinski definition) is 0. The summed E-state index contributed by atoms with van der Waals surface area (Å²) in [6, 6.07) is 5.63. The van der Waals surface area contributed by atoms with Gasteiger partial charge in [-0.1, -0.05) is 17.7 Å². The molecule has 6 heteroatoms. The van der Waals surface area contributed by atoms with Gasteiger partial charge in [-0.25, -0.2) is 4.98 Å². The molecule has 0 bridgehead atoms. The Labute approximate surface area is 147 Å². The molecule has 0 aliphatic carbocycles. The van der Waals surface area contributed by atoms with Crippen LogP contribution in [-0.4, -0.2) is 40.9 Å². The molecule has 0 aromatic carbocycles. The molecule has 1 saturated heterocycles. The second-order valence-corrected chi connectivity index (χ2v) is 6.51. The Kier molecular flexibility index (Phi) is 5.30. The van der Waals surface area contributed by atoms with Crippen molar-refractivity contribution >= 4 is 23.3 Å². The van der Waals surface area contributed by atoms with Crippen LogP contribution >= 0.6 is 11.6 Å². The van der Waals surface area contributed by atoms with Crippen LogP contribution in [0, 0.1) is 0 Å². The summed E-state index contributed by atoms with van der Waals surface area (Å²) >= 11 is 6.38. The summed E-state index contributed by atoms with van der Waals surface area (Å²) in [6.07, 6.45) is 8.52. The Hall–Kier alpha value is -2.14. The molecule has 3 heterocycles.